The van der Waals surface area contributed by atoms with Gasteiger partial charge in [0.05, 0.1) is 11.0 Å². The van der Waals surface area contributed by atoms with Crippen LogP contribution in [0.25, 0.3) is 104 Å². The highest BCUT2D eigenvalue weighted by molar-refractivity contribution is 6.23. The third-order valence-corrected chi connectivity index (χ3v) is 10.1. The third kappa shape index (κ3) is 3.10. The van der Waals surface area contributed by atoms with Crippen LogP contribution in [0.1, 0.15) is 0 Å². The Hall–Kier alpha value is -6.12. The van der Waals surface area contributed by atoms with Gasteiger partial charge >= 0.3 is 0 Å². The quantitative estimate of drug-likeness (QED) is 0.198. The van der Waals surface area contributed by atoms with E-state index in [1.165, 1.54) is 76.6 Å². The van der Waals surface area contributed by atoms with Gasteiger partial charge < -0.3 is 8.98 Å². The van der Waals surface area contributed by atoms with E-state index in [1.54, 1.807) is 0 Å². The Kier molecular flexibility index (Phi) is 4.61. The lowest BCUT2D eigenvalue weighted by Crippen LogP contribution is -1.94. The van der Waals surface area contributed by atoms with Crippen molar-refractivity contribution in [1.82, 2.24) is 4.57 Å². The zero-order valence-electron chi connectivity index (χ0n) is 24.8. The summed E-state index contributed by atoms with van der Waals surface area (Å²) in [4.78, 5) is 0. The van der Waals surface area contributed by atoms with Gasteiger partial charge in [0.15, 0.2) is 0 Å². The standard InChI is InChI=1S/C44H25NO/c1-2-9-30-26(8-1)18-23-41-44(30)38-24-37-33-12-5-6-15-39(33)45(40(37)25-42(38)46-41)28-19-16-27(17-20-28)29-21-22-36-32-11-4-3-10-31(32)35-14-7-13-34(29)43(35)36/h1-25H. The van der Waals surface area contributed by atoms with E-state index in [9.17, 15) is 0 Å². The molecule has 0 saturated carbocycles. The first-order chi connectivity index (χ1) is 22.8. The fourth-order valence-corrected chi connectivity index (χ4v) is 8.14. The molecule has 0 aliphatic heterocycles. The molecular weight excluding hydrogens is 558 g/mol. The lowest BCUT2D eigenvalue weighted by atomic mass is 9.94. The molecule has 46 heavy (non-hydrogen) atoms. The molecule has 8 aromatic carbocycles. The predicted octanol–water partition coefficient (Wildman–Crippen LogP) is 12.3. The molecule has 1 aliphatic carbocycles. The maximum absolute atomic E-state index is 6.51. The zero-order valence-corrected chi connectivity index (χ0v) is 24.8. The number of para-hydroxylation sites is 1. The minimum Gasteiger partial charge on any atom is -0.456 e. The van der Waals surface area contributed by atoms with Gasteiger partial charge in [0.2, 0.25) is 0 Å². The van der Waals surface area contributed by atoms with Crippen LogP contribution in [0.2, 0.25) is 0 Å². The molecule has 0 N–H and O–H groups in total. The topological polar surface area (TPSA) is 18.1 Å². The molecule has 2 aromatic heterocycles. The third-order valence-electron chi connectivity index (χ3n) is 10.1. The molecular formula is C44H25NO. The lowest BCUT2D eigenvalue weighted by molar-refractivity contribution is 0.669. The Labute approximate surface area is 264 Å². The van der Waals surface area contributed by atoms with Gasteiger partial charge in [-0.3, -0.25) is 0 Å². The van der Waals surface area contributed by atoms with Crippen LogP contribution in [-0.2, 0) is 0 Å². The van der Waals surface area contributed by atoms with E-state index in [1.807, 2.05) is 0 Å². The summed E-state index contributed by atoms with van der Waals surface area (Å²) in [5.74, 6) is 0. The fraction of sp³-hybridized carbons (Fsp3) is 0. The average Bonchev–Trinajstić information content (AvgIpc) is 3.76. The first-order valence-corrected chi connectivity index (χ1v) is 15.9. The molecule has 0 radical (unpaired) electrons. The summed E-state index contributed by atoms with van der Waals surface area (Å²) in [6, 6.07) is 55.3. The van der Waals surface area contributed by atoms with Gasteiger partial charge in [0.25, 0.3) is 0 Å². The number of nitrogens with zero attached hydrogens (tertiary/aromatic N) is 1. The van der Waals surface area contributed by atoms with Crippen molar-refractivity contribution in [3.63, 3.8) is 0 Å². The molecule has 2 nitrogen and oxygen atoms in total. The number of furan rings is 1. The van der Waals surface area contributed by atoms with Crippen molar-refractivity contribution in [2.45, 2.75) is 0 Å². The molecule has 0 fully saturated rings. The van der Waals surface area contributed by atoms with Crippen molar-refractivity contribution in [2.75, 3.05) is 0 Å². The van der Waals surface area contributed by atoms with Gasteiger partial charge in [0, 0.05) is 33.3 Å². The highest BCUT2D eigenvalue weighted by Gasteiger charge is 2.22. The summed E-state index contributed by atoms with van der Waals surface area (Å²) in [7, 11) is 0. The molecule has 0 saturated heterocycles. The van der Waals surface area contributed by atoms with Gasteiger partial charge in [-0.1, -0.05) is 115 Å². The second kappa shape index (κ2) is 8.74. The molecule has 0 bridgehead atoms. The number of benzene rings is 8. The molecule has 2 heteroatoms. The maximum Gasteiger partial charge on any atom is 0.137 e. The lowest BCUT2D eigenvalue weighted by Gasteiger charge is -2.12. The van der Waals surface area contributed by atoms with Crippen LogP contribution >= 0.6 is 0 Å². The molecule has 11 rings (SSSR count). The van der Waals surface area contributed by atoms with E-state index in [0.717, 1.165) is 27.8 Å². The van der Waals surface area contributed by atoms with Gasteiger partial charge in [-0.05, 0) is 85.3 Å². The maximum atomic E-state index is 6.51. The van der Waals surface area contributed by atoms with Crippen molar-refractivity contribution in [2.24, 2.45) is 0 Å². The van der Waals surface area contributed by atoms with Crippen LogP contribution in [0.15, 0.2) is 156 Å². The zero-order chi connectivity index (χ0) is 29.9. The Balaban J connectivity index is 1.11. The first kappa shape index (κ1) is 24.2. The summed E-state index contributed by atoms with van der Waals surface area (Å²) in [6.07, 6.45) is 0. The number of aromatic nitrogens is 1. The molecule has 0 atom stereocenters. The highest BCUT2D eigenvalue weighted by Crippen LogP contribution is 2.49. The molecule has 212 valence electrons. The van der Waals surface area contributed by atoms with Crippen LogP contribution in [0.4, 0.5) is 0 Å². The fourth-order valence-electron chi connectivity index (χ4n) is 8.14. The van der Waals surface area contributed by atoms with E-state index >= 15 is 0 Å². The van der Waals surface area contributed by atoms with E-state index in [-0.39, 0.29) is 0 Å². The molecule has 10 aromatic rings. The monoisotopic (exact) mass is 583 g/mol. The number of hydrogen-bond acceptors (Lipinski definition) is 1. The van der Waals surface area contributed by atoms with Gasteiger partial charge in [-0.15, -0.1) is 0 Å². The van der Waals surface area contributed by atoms with Crippen molar-refractivity contribution in [1.29, 1.82) is 0 Å². The smallest absolute Gasteiger partial charge is 0.137 e. The second-order valence-electron chi connectivity index (χ2n) is 12.5. The second-order valence-corrected chi connectivity index (χ2v) is 12.5. The molecule has 2 heterocycles. The van der Waals surface area contributed by atoms with Crippen LogP contribution in [-0.4, -0.2) is 4.57 Å². The summed E-state index contributed by atoms with van der Waals surface area (Å²) in [5, 5.41) is 9.93. The Morgan fingerprint density at radius 2 is 1.07 bits per heavy atom. The summed E-state index contributed by atoms with van der Waals surface area (Å²) >= 11 is 0. The van der Waals surface area contributed by atoms with Crippen LogP contribution in [0.3, 0.4) is 0 Å². The summed E-state index contributed by atoms with van der Waals surface area (Å²) in [6.45, 7) is 0. The van der Waals surface area contributed by atoms with Crippen molar-refractivity contribution >= 4 is 65.3 Å². The van der Waals surface area contributed by atoms with E-state index in [2.05, 4.69) is 156 Å². The molecule has 0 spiro atoms. The van der Waals surface area contributed by atoms with Gasteiger partial charge in [0.1, 0.15) is 11.2 Å². The normalized spacial score (nSPS) is 12.3. The van der Waals surface area contributed by atoms with Crippen LogP contribution in [0.5, 0.6) is 0 Å². The Bertz CT molecular complexity index is 2870. The number of rotatable bonds is 2. The molecule has 1 aliphatic rings. The number of fused-ring (bicyclic) bond motifs is 11. The molecule has 0 amide bonds. The SMILES string of the molecule is c1ccc2c(c1)-c1cccc3c(-c4ccc(-n5c6ccccc6c6cc7c(cc65)oc5ccc6ccccc6c57)cc4)ccc-2c13. The Morgan fingerprint density at radius 1 is 0.370 bits per heavy atom. The van der Waals surface area contributed by atoms with Crippen molar-refractivity contribution in [3.05, 3.63) is 152 Å². The summed E-state index contributed by atoms with van der Waals surface area (Å²) < 4.78 is 8.89. The van der Waals surface area contributed by atoms with Crippen LogP contribution in [0, 0.1) is 0 Å². The van der Waals surface area contributed by atoms with Crippen molar-refractivity contribution in [3.8, 4) is 39.1 Å². The van der Waals surface area contributed by atoms with Crippen LogP contribution < -0.4 is 0 Å². The summed E-state index contributed by atoms with van der Waals surface area (Å²) in [5.41, 5.74) is 13.1. The molecule has 0 unspecified atom stereocenters. The highest BCUT2D eigenvalue weighted by atomic mass is 16.3. The number of hydrogen-bond donors (Lipinski definition) is 0. The largest absolute Gasteiger partial charge is 0.456 e. The van der Waals surface area contributed by atoms with E-state index in [4.69, 9.17) is 4.42 Å². The minimum absolute atomic E-state index is 0.911. The van der Waals surface area contributed by atoms with Gasteiger partial charge in [-0.25, -0.2) is 0 Å². The van der Waals surface area contributed by atoms with Crippen molar-refractivity contribution < 1.29 is 4.42 Å². The van der Waals surface area contributed by atoms with E-state index in [0.29, 0.717) is 0 Å². The average molecular weight is 584 g/mol. The van der Waals surface area contributed by atoms with Gasteiger partial charge in [-0.2, -0.15) is 0 Å². The Morgan fingerprint density at radius 3 is 1.93 bits per heavy atom. The minimum atomic E-state index is 0.911. The van der Waals surface area contributed by atoms with E-state index < -0.39 is 0 Å². The first-order valence-electron chi connectivity index (χ1n) is 15.9. The predicted molar refractivity (Wildman–Crippen MR) is 193 cm³/mol.